The Morgan fingerprint density at radius 3 is 2.85 bits per heavy atom. The van der Waals surface area contributed by atoms with Crippen molar-refractivity contribution in [2.45, 2.75) is 12.6 Å². The van der Waals surface area contributed by atoms with Crippen LogP contribution >= 0.6 is 23.2 Å². The van der Waals surface area contributed by atoms with Crippen LogP contribution in [0, 0.1) is 0 Å². The summed E-state index contributed by atoms with van der Waals surface area (Å²) in [6, 6.07) is 6.71. The zero-order valence-corrected chi connectivity index (χ0v) is 12.1. The molecule has 0 saturated carbocycles. The van der Waals surface area contributed by atoms with E-state index in [0.717, 1.165) is 0 Å². The van der Waals surface area contributed by atoms with Gasteiger partial charge in [0, 0.05) is 18.7 Å². The van der Waals surface area contributed by atoms with E-state index in [-0.39, 0.29) is 6.61 Å². The molecule has 1 unspecified atom stereocenters. The average Bonchev–Trinajstić information content (AvgIpc) is 2.93. The first-order valence-corrected chi connectivity index (χ1v) is 6.77. The molecule has 2 rings (SSSR count). The number of aliphatic hydroxyl groups excluding tert-OH is 1. The fourth-order valence-electron chi connectivity index (χ4n) is 1.51. The molecule has 1 heterocycles. The van der Waals surface area contributed by atoms with Gasteiger partial charge in [-0.25, -0.2) is 0 Å². The highest BCUT2D eigenvalue weighted by molar-refractivity contribution is 6.42. The molecule has 0 aliphatic rings. The van der Waals surface area contributed by atoms with E-state index in [4.69, 9.17) is 32.5 Å². The van der Waals surface area contributed by atoms with E-state index in [1.807, 2.05) is 0 Å². The number of halogens is 2. The van der Waals surface area contributed by atoms with Gasteiger partial charge in [0.1, 0.15) is 24.2 Å². The predicted octanol–water partition coefficient (Wildman–Crippen LogP) is 2.51. The summed E-state index contributed by atoms with van der Waals surface area (Å²) in [5, 5.41) is 17.3. The lowest BCUT2D eigenvalue weighted by atomic mass is 10.3. The standard InChI is InChI=1S/C13H14Cl2N2O3/c14-12-2-1-10(5-13(12)15)19-8-9(18)6-16-7-11-3-4-17-20-11/h1-5,9,16,18H,6-8H2. The van der Waals surface area contributed by atoms with Crippen LogP contribution in [0.25, 0.3) is 0 Å². The molecule has 7 heteroatoms. The van der Waals surface area contributed by atoms with Crippen LogP contribution in [0.15, 0.2) is 35.0 Å². The summed E-state index contributed by atoms with van der Waals surface area (Å²) >= 11 is 11.7. The highest BCUT2D eigenvalue weighted by Crippen LogP contribution is 2.26. The van der Waals surface area contributed by atoms with Crippen LogP contribution in [0.4, 0.5) is 0 Å². The summed E-state index contributed by atoms with van der Waals surface area (Å²) < 4.78 is 10.3. The molecule has 0 amide bonds. The van der Waals surface area contributed by atoms with Gasteiger partial charge in [-0.05, 0) is 12.1 Å². The summed E-state index contributed by atoms with van der Waals surface area (Å²) in [6.45, 7) is 1.03. The Morgan fingerprint density at radius 2 is 2.15 bits per heavy atom. The molecule has 108 valence electrons. The molecule has 1 atom stereocenters. The molecule has 0 aliphatic heterocycles. The third kappa shape index (κ3) is 4.68. The molecule has 0 fully saturated rings. The monoisotopic (exact) mass is 316 g/mol. The number of hydrogen-bond donors (Lipinski definition) is 2. The molecule has 0 radical (unpaired) electrons. The summed E-state index contributed by atoms with van der Waals surface area (Å²) in [6.07, 6.45) is 0.924. The number of aromatic nitrogens is 1. The van der Waals surface area contributed by atoms with Gasteiger partial charge in [0.2, 0.25) is 0 Å². The van der Waals surface area contributed by atoms with Gasteiger partial charge in [0.15, 0.2) is 0 Å². The maximum absolute atomic E-state index is 9.77. The minimum atomic E-state index is -0.646. The molecular formula is C13H14Cl2N2O3. The zero-order valence-electron chi connectivity index (χ0n) is 10.6. The molecule has 1 aromatic heterocycles. The Hall–Kier alpha value is -1.27. The van der Waals surface area contributed by atoms with E-state index in [2.05, 4.69) is 10.5 Å². The topological polar surface area (TPSA) is 67.5 Å². The molecule has 0 saturated heterocycles. The summed E-state index contributed by atoms with van der Waals surface area (Å²) in [4.78, 5) is 0. The molecule has 0 spiro atoms. The molecule has 1 aromatic carbocycles. The first-order valence-electron chi connectivity index (χ1n) is 6.01. The highest BCUT2D eigenvalue weighted by atomic mass is 35.5. The zero-order chi connectivity index (χ0) is 14.4. The lowest BCUT2D eigenvalue weighted by molar-refractivity contribution is 0.105. The number of benzene rings is 1. The van der Waals surface area contributed by atoms with Crippen LogP contribution in [-0.2, 0) is 6.54 Å². The van der Waals surface area contributed by atoms with Crippen molar-refractivity contribution in [2.24, 2.45) is 0 Å². The van der Waals surface area contributed by atoms with Crippen molar-refractivity contribution in [3.8, 4) is 5.75 Å². The Bertz CT molecular complexity index is 534. The summed E-state index contributed by atoms with van der Waals surface area (Å²) in [7, 11) is 0. The highest BCUT2D eigenvalue weighted by Gasteiger charge is 2.07. The predicted molar refractivity (Wildman–Crippen MR) is 76.2 cm³/mol. The second-order valence-electron chi connectivity index (χ2n) is 4.15. The van der Waals surface area contributed by atoms with Crippen molar-refractivity contribution in [3.63, 3.8) is 0 Å². The molecule has 0 aliphatic carbocycles. The second-order valence-corrected chi connectivity index (χ2v) is 4.96. The Labute approximate surface area is 126 Å². The maximum Gasteiger partial charge on any atom is 0.150 e. The van der Waals surface area contributed by atoms with E-state index in [1.54, 1.807) is 30.5 Å². The van der Waals surface area contributed by atoms with Gasteiger partial charge in [-0.2, -0.15) is 0 Å². The van der Waals surface area contributed by atoms with Crippen molar-refractivity contribution in [1.29, 1.82) is 0 Å². The van der Waals surface area contributed by atoms with E-state index >= 15 is 0 Å². The van der Waals surface area contributed by atoms with E-state index in [0.29, 0.717) is 34.6 Å². The summed E-state index contributed by atoms with van der Waals surface area (Å²) in [5.41, 5.74) is 0. The molecule has 2 N–H and O–H groups in total. The van der Waals surface area contributed by atoms with E-state index in [9.17, 15) is 5.11 Å². The summed E-state index contributed by atoms with van der Waals surface area (Å²) in [5.74, 6) is 1.27. The number of aliphatic hydroxyl groups is 1. The number of ether oxygens (including phenoxy) is 1. The van der Waals surface area contributed by atoms with Crippen LogP contribution in [0.1, 0.15) is 5.76 Å². The van der Waals surface area contributed by atoms with Crippen LogP contribution in [0.5, 0.6) is 5.75 Å². The lowest BCUT2D eigenvalue weighted by Gasteiger charge is -2.13. The minimum Gasteiger partial charge on any atom is -0.491 e. The lowest BCUT2D eigenvalue weighted by Crippen LogP contribution is -2.31. The van der Waals surface area contributed by atoms with Gasteiger partial charge in [-0.15, -0.1) is 0 Å². The van der Waals surface area contributed by atoms with Crippen molar-refractivity contribution in [3.05, 3.63) is 46.3 Å². The Kier molecular flexibility index (Phi) is 5.67. The number of rotatable bonds is 7. The van der Waals surface area contributed by atoms with Crippen molar-refractivity contribution in [2.75, 3.05) is 13.2 Å². The van der Waals surface area contributed by atoms with Gasteiger partial charge in [-0.1, -0.05) is 28.4 Å². The Balaban J connectivity index is 1.69. The van der Waals surface area contributed by atoms with Crippen LogP contribution in [-0.4, -0.2) is 29.5 Å². The average molecular weight is 317 g/mol. The maximum atomic E-state index is 9.77. The minimum absolute atomic E-state index is 0.154. The molecule has 2 aromatic rings. The quantitative estimate of drug-likeness (QED) is 0.821. The second kappa shape index (κ2) is 7.50. The third-order valence-corrected chi connectivity index (χ3v) is 3.24. The van der Waals surface area contributed by atoms with Crippen LogP contribution in [0.3, 0.4) is 0 Å². The molecule has 20 heavy (non-hydrogen) atoms. The molecule has 0 bridgehead atoms. The Morgan fingerprint density at radius 1 is 1.30 bits per heavy atom. The van der Waals surface area contributed by atoms with Crippen molar-refractivity contribution >= 4 is 23.2 Å². The van der Waals surface area contributed by atoms with Gasteiger partial charge in [0.25, 0.3) is 0 Å². The SMILES string of the molecule is OC(CNCc1ccno1)COc1ccc(Cl)c(Cl)c1. The van der Waals surface area contributed by atoms with E-state index < -0.39 is 6.10 Å². The normalized spacial score (nSPS) is 12.3. The first kappa shape index (κ1) is 15.1. The van der Waals surface area contributed by atoms with Crippen LogP contribution < -0.4 is 10.1 Å². The number of nitrogens with zero attached hydrogens (tertiary/aromatic N) is 1. The molecule has 5 nitrogen and oxygen atoms in total. The van der Waals surface area contributed by atoms with Gasteiger partial charge in [0.05, 0.1) is 22.8 Å². The number of nitrogens with one attached hydrogen (secondary N) is 1. The van der Waals surface area contributed by atoms with Crippen molar-refractivity contribution in [1.82, 2.24) is 10.5 Å². The fourth-order valence-corrected chi connectivity index (χ4v) is 1.80. The van der Waals surface area contributed by atoms with Gasteiger partial charge >= 0.3 is 0 Å². The first-order chi connectivity index (χ1) is 9.65. The molecular weight excluding hydrogens is 303 g/mol. The smallest absolute Gasteiger partial charge is 0.150 e. The van der Waals surface area contributed by atoms with E-state index in [1.165, 1.54) is 0 Å². The number of hydrogen-bond acceptors (Lipinski definition) is 5. The third-order valence-electron chi connectivity index (χ3n) is 2.50. The van der Waals surface area contributed by atoms with Crippen LogP contribution in [0.2, 0.25) is 10.0 Å². The van der Waals surface area contributed by atoms with Gasteiger partial charge in [-0.3, -0.25) is 0 Å². The fraction of sp³-hybridized carbons (Fsp3) is 0.308. The largest absolute Gasteiger partial charge is 0.491 e. The van der Waals surface area contributed by atoms with Gasteiger partial charge < -0.3 is 19.7 Å². The van der Waals surface area contributed by atoms with Crippen molar-refractivity contribution < 1.29 is 14.4 Å².